The lowest BCUT2D eigenvalue weighted by Crippen LogP contribution is -2.39. The number of nitrogens with one attached hydrogen (secondary N) is 2. The summed E-state index contributed by atoms with van der Waals surface area (Å²) in [5.74, 6) is -0.0349. The van der Waals surface area contributed by atoms with Crippen LogP contribution in [0.15, 0.2) is 66.0 Å². The molecule has 2 heterocycles. The fourth-order valence-electron chi connectivity index (χ4n) is 3.20. The first-order valence-electron chi connectivity index (χ1n) is 9.62. The molecule has 6 heteroatoms. The van der Waals surface area contributed by atoms with Gasteiger partial charge in [0.1, 0.15) is 0 Å². The van der Waals surface area contributed by atoms with Gasteiger partial charge >= 0.3 is 0 Å². The molecule has 0 fully saturated rings. The van der Waals surface area contributed by atoms with Crippen molar-refractivity contribution in [1.29, 1.82) is 0 Å². The topological polar surface area (TPSA) is 54.0 Å². The van der Waals surface area contributed by atoms with E-state index < -0.39 is 0 Å². The van der Waals surface area contributed by atoms with Crippen LogP contribution in [-0.2, 0) is 11.2 Å². The van der Waals surface area contributed by atoms with Gasteiger partial charge in [-0.2, -0.15) is 0 Å². The largest absolute Gasteiger partial charge is 0.325 e. The zero-order valence-corrected chi connectivity index (χ0v) is 18.0. The van der Waals surface area contributed by atoms with Gasteiger partial charge in [0.05, 0.1) is 21.3 Å². The Morgan fingerprint density at radius 3 is 2.55 bits per heavy atom. The summed E-state index contributed by atoms with van der Waals surface area (Å²) in [5.41, 5.74) is 3.04. The highest BCUT2D eigenvalue weighted by Gasteiger charge is 2.17. The lowest BCUT2D eigenvalue weighted by molar-refractivity contribution is -0.117. The monoisotopic (exact) mass is 421 g/mol. The summed E-state index contributed by atoms with van der Waals surface area (Å²) in [7, 11) is 0. The molecule has 29 heavy (non-hydrogen) atoms. The molecule has 0 aliphatic carbocycles. The first kappa shape index (κ1) is 19.8. The number of fused-ring (bicyclic) bond motifs is 1. The maximum absolute atomic E-state index is 12.5. The SMILES string of the molecule is CC(NC(C)c1cccs1)C(=O)Nc1ccc(Cc2nc3ccccc3s2)cc1. The van der Waals surface area contributed by atoms with Crippen LogP contribution in [0.25, 0.3) is 10.2 Å². The van der Waals surface area contributed by atoms with Gasteiger partial charge in [-0.3, -0.25) is 10.1 Å². The molecule has 0 aliphatic heterocycles. The van der Waals surface area contributed by atoms with Gasteiger partial charge in [-0.15, -0.1) is 22.7 Å². The van der Waals surface area contributed by atoms with Crippen LogP contribution >= 0.6 is 22.7 Å². The lowest BCUT2D eigenvalue weighted by Gasteiger charge is -2.19. The Bertz CT molecular complexity index is 1050. The summed E-state index contributed by atoms with van der Waals surface area (Å²) in [5, 5.41) is 9.49. The molecule has 2 aromatic heterocycles. The number of carbonyl (C=O) groups excluding carboxylic acids is 1. The Morgan fingerprint density at radius 2 is 1.83 bits per heavy atom. The number of nitrogens with zero attached hydrogens (tertiary/aromatic N) is 1. The number of carbonyl (C=O) groups is 1. The summed E-state index contributed by atoms with van der Waals surface area (Å²) in [4.78, 5) is 18.4. The molecule has 0 bridgehead atoms. The second-order valence-corrected chi connectivity index (χ2v) is 9.16. The Labute approximate surface area is 178 Å². The van der Waals surface area contributed by atoms with Gasteiger partial charge < -0.3 is 5.32 Å². The average Bonchev–Trinajstić information content (AvgIpc) is 3.39. The highest BCUT2D eigenvalue weighted by molar-refractivity contribution is 7.18. The van der Waals surface area contributed by atoms with E-state index in [1.807, 2.05) is 60.8 Å². The predicted octanol–water partition coefficient (Wildman–Crippen LogP) is 5.63. The van der Waals surface area contributed by atoms with Gasteiger partial charge in [0, 0.05) is 23.0 Å². The minimum Gasteiger partial charge on any atom is -0.325 e. The maximum Gasteiger partial charge on any atom is 0.241 e. The van der Waals surface area contributed by atoms with E-state index >= 15 is 0 Å². The smallest absolute Gasteiger partial charge is 0.241 e. The molecule has 4 aromatic rings. The number of hydrogen-bond acceptors (Lipinski definition) is 5. The van der Waals surface area contributed by atoms with Crippen molar-refractivity contribution in [3.63, 3.8) is 0 Å². The van der Waals surface area contributed by atoms with Crippen molar-refractivity contribution in [3.05, 3.63) is 81.5 Å². The molecule has 148 valence electrons. The van der Waals surface area contributed by atoms with E-state index in [1.165, 1.54) is 15.1 Å². The van der Waals surface area contributed by atoms with Crippen LogP contribution in [0.3, 0.4) is 0 Å². The van der Waals surface area contributed by atoms with Crippen LogP contribution in [-0.4, -0.2) is 16.9 Å². The molecule has 2 aromatic carbocycles. The first-order valence-corrected chi connectivity index (χ1v) is 11.3. The van der Waals surface area contributed by atoms with Crippen molar-refractivity contribution in [3.8, 4) is 0 Å². The number of aromatic nitrogens is 1. The van der Waals surface area contributed by atoms with E-state index in [2.05, 4.69) is 29.7 Å². The quantitative estimate of drug-likeness (QED) is 0.407. The molecule has 2 unspecified atom stereocenters. The number of thiophene rings is 1. The van der Waals surface area contributed by atoms with Crippen LogP contribution in [0.5, 0.6) is 0 Å². The Balaban J connectivity index is 1.34. The first-order chi connectivity index (χ1) is 14.1. The number of thiazole rings is 1. The fraction of sp³-hybridized carbons (Fsp3) is 0.217. The van der Waals surface area contributed by atoms with Crippen molar-refractivity contribution < 1.29 is 4.79 Å². The van der Waals surface area contributed by atoms with Gasteiger partial charge in [-0.05, 0) is 55.1 Å². The Morgan fingerprint density at radius 1 is 1.03 bits per heavy atom. The molecule has 2 N–H and O–H groups in total. The number of hydrogen-bond donors (Lipinski definition) is 2. The number of benzene rings is 2. The van der Waals surface area contributed by atoms with Crippen LogP contribution < -0.4 is 10.6 Å². The van der Waals surface area contributed by atoms with Crippen LogP contribution in [0, 0.1) is 0 Å². The van der Waals surface area contributed by atoms with Crippen molar-refractivity contribution >= 4 is 44.5 Å². The second kappa shape index (κ2) is 8.86. The van der Waals surface area contributed by atoms with Gasteiger partial charge in [0.2, 0.25) is 5.91 Å². The second-order valence-electron chi connectivity index (χ2n) is 7.06. The highest BCUT2D eigenvalue weighted by atomic mass is 32.1. The van der Waals surface area contributed by atoms with Crippen molar-refractivity contribution in [2.45, 2.75) is 32.4 Å². The number of para-hydroxylation sites is 1. The normalized spacial score (nSPS) is 13.3. The van der Waals surface area contributed by atoms with E-state index in [4.69, 9.17) is 4.98 Å². The van der Waals surface area contributed by atoms with Crippen molar-refractivity contribution in [2.24, 2.45) is 0 Å². The molecule has 0 radical (unpaired) electrons. The van der Waals surface area contributed by atoms with Crippen LogP contribution in [0.4, 0.5) is 5.69 Å². The van der Waals surface area contributed by atoms with Gasteiger partial charge in [-0.25, -0.2) is 4.98 Å². The van der Waals surface area contributed by atoms with Gasteiger partial charge in [0.25, 0.3) is 0 Å². The van der Waals surface area contributed by atoms with E-state index in [1.54, 1.807) is 22.7 Å². The third-order valence-electron chi connectivity index (χ3n) is 4.78. The molecule has 0 spiro atoms. The minimum absolute atomic E-state index is 0.0349. The third-order valence-corrected chi connectivity index (χ3v) is 6.87. The molecule has 0 aliphatic rings. The maximum atomic E-state index is 12.5. The molecule has 2 atom stereocenters. The Kier molecular flexibility index (Phi) is 6.04. The van der Waals surface area contributed by atoms with Crippen molar-refractivity contribution in [2.75, 3.05) is 5.32 Å². The van der Waals surface area contributed by atoms with Gasteiger partial charge in [-0.1, -0.05) is 30.3 Å². The predicted molar refractivity (Wildman–Crippen MR) is 123 cm³/mol. The number of rotatable bonds is 7. The molecule has 1 amide bonds. The molecule has 0 saturated heterocycles. The average molecular weight is 422 g/mol. The molecule has 4 nitrogen and oxygen atoms in total. The summed E-state index contributed by atoms with van der Waals surface area (Å²) < 4.78 is 1.21. The molecular formula is C23H23N3OS2. The zero-order valence-electron chi connectivity index (χ0n) is 16.4. The highest BCUT2D eigenvalue weighted by Crippen LogP contribution is 2.24. The van der Waals surface area contributed by atoms with E-state index in [0.717, 1.165) is 22.6 Å². The zero-order chi connectivity index (χ0) is 20.2. The standard InChI is InChI=1S/C23H23N3OS2/c1-15(20-8-5-13-28-20)24-16(2)23(27)25-18-11-9-17(10-12-18)14-22-26-19-6-3-4-7-21(19)29-22/h3-13,15-16,24H,14H2,1-2H3,(H,25,27). The fourth-order valence-corrected chi connectivity index (χ4v) is 4.94. The summed E-state index contributed by atoms with van der Waals surface area (Å²) in [6.45, 7) is 3.97. The molecule has 0 saturated carbocycles. The summed E-state index contributed by atoms with van der Waals surface area (Å²) in [6, 6.07) is 20.2. The van der Waals surface area contributed by atoms with Gasteiger partial charge in [0.15, 0.2) is 0 Å². The van der Waals surface area contributed by atoms with E-state index in [9.17, 15) is 4.79 Å². The summed E-state index contributed by atoms with van der Waals surface area (Å²) >= 11 is 3.42. The lowest BCUT2D eigenvalue weighted by atomic mass is 10.1. The number of anilines is 1. The van der Waals surface area contributed by atoms with Crippen LogP contribution in [0.1, 0.15) is 35.3 Å². The van der Waals surface area contributed by atoms with E-state index in [0.29, 0.717) is 0 Å². The minimum atomic E-state index is -0.283. The van der Waals surface area contributed by atoms with Crippen LogP contribution in [0.2, 0.25) is 0 Å². The molecule has 4 rings (SSSR count). The third kappa shape index (κ3) is 4.90. The number of amides is 1. The summed E-state index contributed by atoms with van der Waals surface area (Å²) in [6.07, 6.45) is 0.795. The van der Waals surface area contributed by atoms with Crippen molar-refractivity contribution in [1.82, 2.24) is 10.3 Å². The molecular weight excluding hydrogens is 398 g/mol. The Hall–Kier alpha value is -2.54. The van der Waals surface area contributed by atoms with E-state index in [-0.39, 0.29) is 18.0 Å².